The van der Waals surface area contributed by atoms with Crippen molar-refractivity contribution in [1.82, 2.24) is 0 Å². The summed E-state index contributed by atoms with van der Waals surface area (Å²) < 4.78 is 9.78. The molecule has 1 aliphatic rings. The number of nitrogens with two attached hydrogens (primary N) is 1. The summed E-state index contributed by atoms with van der Waals surface area (Å²) in [7, 11) is 1.27. The van der Waals surface area contributed by atoms with E-state index in [1.54, 1.807) is 18.2 Å². The number of methoxy groups -OCH3 is 1. The predicted octanol–water partition coefficient (Wildman–Crippen LogP) is 0.167. The Kier molecular flexibility index (Phi) is 2.86. The van der Waals surface area contributed by atoms with E-state index in [2.05, 4.69) is 4.74 Å². The quantitative estimate of drug-likeness (QED) is 0.584. The minimum atomic E-state index is -0.492. The van der Waals surface area contributed by atoms with Gasteiger partial charge in [0.15, 0.2) is 6.61 Å². The predicted molar refractivity (Wildman–Crippen MR) is 60.7 cm³/mol. The maximum Gasteiger partial charge on any atom is 0.325 e. The third kappa shape index (κ3) is 2.15. The first-order valence-electron chi connectivity index (χ1n) is 5.01. The first kappa shape index (κ1) is 11.3. The van der Waals surface area contributed by atoms with E-state index < -0.39 is 5.97 Å². The van der Waals surface area contributed by atoms with E-state index in [-0.39, 0.29) is 19.1 Å². The molecule has 17 heavy (non-hydrogen) atoms. The van der Waals surface area contributed by atoms with Gasteiger partial charge >= 0.3 is 5.97 Å². The summed E-state index contributed by atoms with van der Waals surface area (Å²) in [5.74, 6) is -0.259. The largest absolute Gasteiger partial charge is 0.482 e. The van der Waals surface area contributed by atoms with Gasteiger partial charge in [0, 0.05) is 5.69 Å². The van der Waals surface area contributed by atoms with Gasteiger partial charge in [-0.1, -0.05) is 0 Å². The second kappa shape index (κ2) is 4.32. The van der Waals surface area contributed by atoms with Crippen LogP contribution in [0.4, 0.5) is 11.4 Å². The highest BCUT2D eigenvalue weighted by Crippen LogP contribution is 2.33. The van der Waals surface area contributed by atoms with Gasteiger partial charge in [-0.3, -0.25) is 14.5 Å². The zero-order valence-electron chi connectivity index (χ0n) is 9.30. The van der Waals surface area contributed by atoms with E-state index in [4.69, 9.17) is 10.5 Å². The molecule has 1 heterocycles. The summed E-state index contributed by atoms with van der Waals surface area (Å²) in [6, 6.07) is 4.93. The molecule has 1 aliphatic heterocycles. The Hall–Kier alpha value is -2.24. The Morgan fingerprint density at radius 2 is 2.35 bits per heavy atom. The van der Waals surface area contributed by atoms with Gasteiger partial charge in [0.05, 0.1) is 12.8 Å². The number of benzene rings is 1. The average molecular weight is 236 g/mol. The van der Waals surface area contributed by atoms with Crippen LogP contribution >= 0.6 is 0 Å². The lowest BCUT2D eigenvalue weighted by atomic mass is 10.2. The van der Waals surface area contributed by atoms with Crippen molar-refractivity contribution in [3.63, 3.8) is 0 Å². The second-order valence-corrected chi connectivity index (χ2v) is 3.57. The zero-order valence-corrected chi connectivity index (χ0v) is 9.30. The van der Waals surface area contributed by atoms with E-state index in [0.717, 1.165) is 0 Å². The van der Waals surface area contributed by atoms with Crippen LogP contribution in [0.2, 0.25) is 0 Å². The monoisotopic (exact) mass is 236 g/mol. The molecule has 0 unspecified atom stereocenters. The van der Waals surface area contributed by atoms with E-state index in [9.17, 15) is 9.59 Å². The lowest BCUT2D eigenvalue weighted by molar-refractivity contribution is -0.140. The SMILES string of the molecule is COC(=O)CN1C(=O)COc2ccc(N)cc21. The molecule has 2 N–H and O–H groups in total. The molecule has 1 aromatic rings. The molecule has 0 bridgehead atoms. The fourth-order valence-corrected chi connectivity index (χ4v) is 1.59. The second-order valence-electron chi connectivity index (χ2n) is 3.57. The number of hydrogen-bond donors (Lipinski definition) is 1. The van der Waals surface area contributed by atoms with Crippen LogP contribution in [0.15, 0.2) is 18.2 Å². The molecule has 0 fully saturated rings. The number of nitrogen functional groups attached to an aromatic ring is 1. The maximum atomic E-state index is 11.7. The summed E-state index contributed by atoms with van der Waals surface area (Å²) in [6.07, 6.45) is 0. The van der Waals surface area contributed by atoms with Crippen LogP contribution in [0.1, 0.15) is 0 Å². The molecule has 1 aromatic carbocycles. The lowest BCUT2D eigenvalue weighted by Crippen LogP contribution is -2.42. The molecular weight excluding hydrogens is 224 g/mol. The molecule has 1 amide bonds. The number of carbonyl (C=O) groups is 2. The van der Waals surface area contributed by atoms with Gasteiger partial charge in [0.25, 0.3) is 5.91 Å². The molecule has 0 aromatic heterocycles. The van der Waals surface area contributed by atoms with Crippen LogP contribution in [0.3, 0.4) is 0 Å². The minimum Gasteiger partial charge on any atom is -0.482 e. The van der Waals surface area contributed by atoms with Crippen LogP contribution in [0, 0.1) is 0 Å². The van der Waals surface area contributed by atoms with Gasteiger partial charge in [-0.2, -0.15) is 0 Å². The number of anilines is 2. The Bertz CT molecular complexity index is 473. The molecule has 0 saturated heterocycles. The summed E-state index contributed by atoms with van der Waals surface area (Å²) in [5.41, 5.74) is 6.63. The lowest BCUT2D eigenvalue weighted by Gasteiger charge is -2.28. The third-order valence-electron chi connectivity index (χ3n) is 2.44. The van der Waals surface area contributed by atoms with Gasteiger partial charge in [-0.15, -0.1) is 0 Å². The zero-order chi connectivity index (χ0) is 12.4. The average Bonchev–Trinajstić information content (AvgIpc) is 2.32. The van der Waals surface area contributed by atoms with Crippen LogP contribution in [-0.2, 0) is 14.3 Å². The Morgan fingerprint density at radius 3 is 3.06 bits per heavy atom. The first-order valence-corrected chi connectivity index (χ1v) is 5.01. The number of carbonyl (C=O) groups excluding carboxylic acids is 2. The van der Waals surface area contributed by atoms with Gasteiger partial charge in [-0.25, -0.2) is 0 Å². The number of fused-ring (bicyclic) bond motifs is 1. The van der Waals surface area contributed by atoms with E-state index in [1.807, 2.05) is 0 Å². The van der Waals surface area contributed by atoms with Crippen molar-refractivity contribution in [2.75, 3.05) is 30.9 Å². The molecular formula is C11H12N2O4. The van der Waals surface area contributed by atoms with Crippen molar-refractivity contribution in [3.05, 3.63) is 18.2 Å². The van der Waals surface area contributed by atoms with Crippen molar-refractivity contribution in [2.24, 2.45) is 0 Å². The van der Waals surface area contributed by atoms with Crippen molar-refractivity contribution >= 4 is 23.3 Å². The number of amides is 1. The fourth-order valence-electron chi connectivity index (χ4n) is 1.59. The normalized spacial score (nSPS) is 13.9. The summed E-state index contributed by atoms with van der Waals surface area (Å²) >= 11 is 0. The van der Waals surface area contributed by atoms with E-state index >= 15 is 0 Å². The number of ether oxygens (including phenoxy) is 2. The number of esters is 1. The Labute approximate surface area is 97.9 Å². The van der Waals surface area contributed by atoms with Crippen molar-refractivity contribution < 1.29 is 19.1 Å². The van der Waals surface area contributed by atoms with Crippen LogP contribution in [-0.4, -0.2) is 32.1 Å². The van der Waals surface area contributed by atoms with E-state index in [1.165, 1.54) is 12.0 Å². The highest BCUT2D eigenvalue weighted by Gasteiger charge is 2.27. The number of rotatable bonds is 2. The minimum absolute atomic E-state index is 0.0894. The molecule has 6 heteroatoms. The molecule has 6 nitrogen and oxygen atoms in total. The molecule has 2 rings (SSSR count). The van der Waals surface area contributed by atoms with Crippen LogP contribution in [0.25, 0.3) is 0 Å². The molecule has 0 spiro atoms. The van der Waals surface area contributed by atoms with Crippen molar-refractivity contribution in [1.29, 1.82) is 0 Å². The molecule has 0 radical (unpaired) electrons. The highest BCUT2D eigenvalue weighted by molar-refractivity contribution is 6.01. The molecule has 90 valence electrons. The third-order valence-corrected chi connectivity index (χ3v) is 2.44. The highest BCUT2D eigenvalue weighted by atomic mass is 16.5. The fraction of sp³-hybridized carbons (Fsp3) is 0.273. The van der Waals surface area contributed by atoms with Gasteiger partial charge in [0.2, 0.25) is 0 Å². The summed E-state index contributed by atoms with van der Waals surface area (Å²) in [4.78, 5) is 24.2. The van der Waals surface area contributed by atoms with E-state index in [0.29, 0.717) is 17.1 Å². The van der Waals surface area contributed by atoms with Crippen LogP contribution in [0.5, 0.6) is 5.75 Å². The summed E-state index contributed by atoms with van der Waals surface area (Å²) in [6.45, 7) is -0.233. The van der Waals surface area contributed by atoms with Crippen molar-refractivity contribution in [3.8, 4) is 5.75 Å². The number of hydrogen-bond acceptors (Lipinski definition) is 5. The topological polar surface area (TPSA) is 81.9 Å². The maximum absolute atomic E-state index is 11.7. The van der Waals surface area contributed by atoms with Crippen molar-refractivity contribution in [2.45, 2.75) is 0 Å². The standard InChI is InChI=1S/C11H12N2O4/c1-16-11(15)5-13-8-4-7(12)2-3-9(8)17-6-10(13)14/h2-4H,5-6,12H2,1H3. The number of nitrogens with zero attached hydrogens (tertiary/aromatic N) is 1. The molecule has 0 aliphatic carbocycles. The molecule has 0 atom stereocenters. The van der Waals surface area contributed by atoms with Gasteiger partial charge in [-0.05, 0) is 18.2 Å². The van der Waals surface area contributed by atoms with Gasteiger partial charge in [0.1, 0.15) is 12.3 Å². The van der Waals surface area contributed by atoms with Gasteiger partial charge < -0.3 is 15.2 Å². The smallest absolute Gasteiger partial charge is 0.325 e. The Balaban J connectivity index is 2.35. The summed E-state index contributed by atoms with van der Waals surface area (Å²) in [5, 5.41) is 0. The Morgan fingerprint density at radius 1 is 1.59 bits per heavy atom. The van der Waals surface area contributed by atoms with Crippen LogP contribution < -0.4 is 15.4 Å². The molecule has 0 saturated carbocycles. The first-order chi connectivity index (χ1) is 8.11.